The van der Waals surface area contributed by atoms with Crippen molar-refractivity contribution in [2.75, 3.05) is 19.6 Å². The molecule has 4 atom stereocenters. The highest BCUT2D eigenvalue weighted by Crippen LogP contribution is 2.30. The first-order chi connectivity index (χ1) is 9.61. The first-order valence-electron chi connectivity index (χ1n) is 6.72. The molecule has 3 saturated heterocycles. The van der Waals surface area contributed by atoms with Crippen LogP contribution >= 0.6 is 12.9 Å². The van der Waals surface area contributed by atoms with Crippen molar-refractivity contribution >= 4 is 24.8 Å². The van der Waals surface area contributed by atoms with E-state index in [0.717, 1.165) is 0 Å². The number of aliphatic hydroxyl groups is 1. The van der Waals surface area contributed by atoms with Crippen molar-refractivity contribution < 1.29 is 19.0 Å². The molecule has 3 aliphatic heterocycles. The summed E-state index contributed by atoms with van der Waals surface area (Å²) in [5.74, 6) is -0.217. The number of amides is 3. The third-order valence-electron chi connectivity index (χ3n) is 4.22. The van der Waals surface area contributed by atoms with E-state index in [1.807, 2.05) is 0 Å². The number of urea groups is 1. The van der Waals surface area contributed by atoms with Gasteiger partial charge in [-0.15, -0.1) is 0 Å². The van der Waals surface area contributed by atoms with Crippen molar-refractivity contribution in [3.8, 4) is 0 Å². The van der Waals surface area contributed by atoms with Gasteiger partial charge in [-0.05, 0) is 12.8 Å². The Morgan fingerprint density at radius 1 is 1.45 bits per heavy atom. The van der Waals surface area contributed by atoms with Gasteiger partial charge in [0.15, 0.2) is 0 Å². The van der Waals surface area contributed by atoms with Crippen LogP contribution in [0, 0.1) is 0 Å². The molecule has 3 rings (SSSR count). The Morgan fingerprint density at radius 2 is 2.25 bits per heavy atom. The van der Waals surface area contributed by atoms with E-state index in [-0.39, 0.29) is 24.0 Å². The Balaban J connectivity index is 1.65. The summed E-state index contributed by atoms with van der Waals surface area (Å²) in [7, 11) is 0. The van der Waals surface area contributed by atoms with E-state index in [1.54, 1.807) is 0 Å². The predicted molar refractivity (Wildman–Crippen MR) is 71.6 cm³/mol. The van der Waals surface area contributed by atoms with Gasteiger partial charge in [-0.1, -0.05) is 0 Å². The molecule has 112 valence electrons. The molecule has 0 spiro atoms. The quantitative estimate of drug-likeness (QED) is 0.375. The summed E-state index contributed by atoms with van der Waals surface area (Å²) in [6.45, 7) is 1.49. The van der Waals surface area contributed by atoms with Gasteiger partial charge < -0.3 is 20.6 Å². The SMILES string of the molecule is O=C(N[C@@H]1CNC[C@@H]1O)[C@@H]1CC[C@@H]2CN1C(=O)N2OS. The number of fused-ring (bicyclic) bond motifs is 2. The third-order valence-corrected chi connectivity index (χ3v) is 4.40. The lowest BCUT2D eigenvalue weighted by Crippen LogP contribution is -2.54. The minimum Gasteiger partial charge on any atom is -0.390 e. The fraction of sp³-hybridized carbons (Fsp3) is 0.818. The van der Waals surface area contributed by atoms with Crippen LogP contribution in [0.15, 0.2) is 0 Å². The number of hydrogen-bond acceptors (Lipinski definition) is 6. The van der Waals surface area contributed by atoms with Crippen LogP contribution in [0.3, 0.4) is 0 Å². The molecule has 9 heteroatoms. The molecule has 3 amide bonds. The maximum absolute atomic E-state index is 12.3. The summed E-state index contributed by atoms with van der Waals surface area (Å²) in [4.78, 5) is 25.9. The van der Waals surface area contributed by atoms with E-state index in [4.69, 9.17) is 4.28 Å². The minimum atomic E-state index is -0.582. The molecule has 0 aromatic carbocycles. The van der Waals surface area contributed by atoms with Crippen LogP contribution in [-0.2, 0) is 9.08 Å². The summed E-state index contributed by atoms with van der Waals surface area (Å²) < 4.78 is 4.77. The van der Waals surface area contributed by atoms with Crippen LogP contribution in [0.25, 0.3) is 0 Å². The van der Waals surface area contributed by atoms with Crippen molar-refractivity contribution in [3.05, 3.63) is 0 Å². The van der Waals surface area contributed by atoms with E-state index in [9.17, 15) is 14.7 Å². The lowest BCUT2D eigenvalue weighted by molar-refractivity contribution is -0.127. The topological polar surface area (TPSA) is 94.1 Å². The monoisotopic (exact) mass is 302 g/mol. The maximum Gasteiger partial charge on any atom is 0.345 e. The average Bonchev–Trinajstić information content (AvgIpc) is 2.94. The largest absolute Gasteiger partial charge is 0.390 e. The predicted octanol–water partition coefficient (Wildman–Crippen LogP) is -1.52. The molecule has 3 N–H and O–H groups in total. The van der Waals surface area contributed by atoms with Crippen LogP contribution in [0.5, 0.6) is 0 Å². The second-order valence-corrected chi connectivity index (χ2v) is 5.59. The van der Waals surface area contributed by atoms with Crippen LogP contribution in [-0.4, -0.2) is 70.9 Å². The van der Waals surface area contributed by atoms with Crippen molar-refractivity contribution in [2.45, 2.75) is 37.1 Å². The Hall–Kier alpha value is -1.03. The number of carbonyl (C=O) groups is 2. The van der Waals surface area contributed by atoms with Crippen molar-refractivity contribution in [1.29, 1.82) is 0 Å². The highest BCUT2D eigenvalue weighted by atomic mass is 32.1. The highest BCUT2D eigenvalue weighted by molar-refractivity contribution is 7.75. The summed E-state index contributed by atoms with van der Waals surface area (Å²) in [5, 5.41) is 16.7. The molecule has 3 fully saturated rings. The molecule has 0 aromatic rings. The average molecular weight is 302 g/mol. The molecule has 8 nitrogen and oxygen atoms in total. The van der Waals surface area contributed by atoms with Crippen molar-refractivity contribution in [3.63, 3.8) is 0 Å². The summed E-state index contributed by atoms with van der Waals surface area (Å²) >= 11 is 3.68. The van der Waals surface area contributed by atoms with E-state index in [1.165, 1.54) is 9.96 Å². The van der Waals surface area contributed by atoms with Crippen molar-refractivity contribution in [1.82, 2.24) is 20.6 Å². The molecule has 0 aromatic heterocycles. The van der Waals surface area contributed by atoms with Crippen LogP contribution < -0.4 is 10.6 Å². The highest BCUT2D eigenvalue weighted by Gasteiger charge is 2.48. The maximum atomic E-state index is 12.3. The third kappa shape index (κ3) is 2.24. The fourth-order valence-electron chi connectivity index (χ4n) is 3.10. The number of carbonyl (C=O) groups excluding carboxylic acids is 2. The van der Waals surface area contributed by atoms with Crippen LogP contribution in [0.1, 0.15) is 12.8 Å². The molecular weight excluding hydrogens is 284 g/mol. The zero-order chi connectivity index (χ0) is 14.3. The molecule has 3 heterocycles. The Kier molecular flexibility index (Phi) is 3.76. The molecule has 20 heavy (non-hydrogen) atoms. The van der Waals surface area contributed by atoms with Gasteiger partial charge in [0.25, 0.3) is 0 Å². The fourth-order valence-corrected chi connectivity index (χ4v) is 3.31. The van der Waals surface area contributed by atoms with Gasteiger partial charge in [-0.25, -0.2) is 9.08 Å². The molecule has 0 radical (unpaired) electrons. The molecule has 3 aliphatic rings. The number of aliphatic hydroxyl groups excluding tert-OH is 1. The Labute approximate surface area is 122 Å². The Morgan fingerprint density at radius 3 is 2.90 bits per heavy atom. The normalized spacial score (nSPS) is 36.6. The first kappa shape index (κ1) is 13.9. The standard InChI is InChI=1S/C11H18N4O4S/c16-9-4-12-3-7(9)13-10(17)8-2-1-6-5-14(8)11(18)15(6)19-20/h6-9,12,16,20H,1-5H2,(H,13,17)/t6-,7-,8+,9+/m1/s1. The second kappa shape index (κ2) is 5.40. The minimum absolute atomic E-state index is 0.0391. The number of hydrogen-bond donors (Lipinski definition) is 4. The van der Waals surface area contributed by atoms with E-state index < -0.39 is 12.1 Å². The van der Waals surface area contributed by atoms with E-state index in [2.05, 4.69) is 23.5 Å². The first-order valence-corrected chi connectivity index (χ1v) is 7.09. The number of nitrogens with zero attached hydrogens (tertiary/aromatic N) is 2. The number of hydroxylamine groups is 2. The van der Waals surface area contributed by atoms with Crippen LogP contribution in [0.2, 0.25) is 0 Å². The number of piperidine rings is 1. The van der Waals surface area contributed by atoms with E-state index in [0.29, 0.717) is 32.5 Å². The number of thiol groups is 1. The zero-order valence-electron chi connectivity index (χ0n) is 10.9. The van der Waals surface area contributed by atoms with Gasteiger partial charge in [0.1, 0.15) is 6.04 Å². The van der Waals surface area contributed by atoms with Crippen molar-refractivity contribution in [2.24, 2.45) is 0 Å². The second-order valence-electron chi connectivity index (χ2n) is 5.43. The lowest BCUT2D eigenvalue weighted by atomic mass is 10.00. The van der Waals surface area contributed by atoms with Gasteiger partial charge in [0, 0.05) is 32.5 Å². The number of rotatable bonds is 3. The van der Waals surface area contributed by atoms with Gasteiger partial charge in [-0.3, -0.25) is 4.79 Å². The molecular formula is C11H18N4O4S. The molecule has 2 bridgehead atoms. The summed E-state index contributed by atoms with van der Waals surface area (Å²) in [6.07, 6.45) is 0.709. The Bertz CT molecular complexity index is 423. The van der Waals surface area contributed by atoms with E-state index >= 15 is 0 Å². The number of nitrogens with one attached hydrogen (secondary N) is 2. The molecule has 0 aliphatic carbocycles. The summed E-state index contributed by atoms with van der Waals surface area (Å²) in [5.41, 5.74) is 0. The van der Waals surface area contributed by atoms with Gasteiger partial charge in [-0.2, -0.15) is 5.06 Å². The lowest BCUT2D eigenvalue weighted by Gasteiger charge is -2.30. The smallest absolute Gasteiger partial charge is 0.345 e. The van der Waals surface area contributed by atoms with Gasteiger partial charge >= 0.3 is 6.03 Å². The summed E-state index contributed by atoms with van der Waals surface area (Å²) in [6, 6.07) is -1.16. The molecule has 0 saturated carbocycles. The number of β-amino-alcohol motifs (C(OH)–C–C–N with tert-alkyl or cyclic N) is 1. The molecule has 0 unspecified atom stereocenters. The van der Waals surface area contributed by atoms with Gasteiger partial charge in [0.2, 0.25) is 5.91 Å². The van der Waals surface area contributed by atoms with Gasteiger partial charge in [0.05, 0.1) is 18.2 Å². The van der Waals surface area contributed by atoms with Crippen LogP contribution in [0.4, 0.5) is 4.79 Å². The zero-order valence-corrected chi connectivity index (χ0v) is 11.8.